The van der Waals surface area contributed by atoms with Gasteiger partial charge in [-0.25, -0.2) is 0 Å². The van der Waals surface area contributed by atoms with Gasteiger partial charge in [0.1, 0.15) is 0 Å². The van der Waals surface area contributed by atoms with Crippen LogP contribution < -0.4 is 20.2 Å². The summed E-state index contributed by atoms with van der Waals surface area (Å²) in [6.45, 7) is -6.40. The number of phosphoric ester groups is 1. The normalized spacial score (nSPS) is 16.5. The minimum absolute atomic E-state index is 0.313. The van der Waals surface area contributed by atoms with Crippen molar-refractivity contribution in [3.8, 4) is 0 Å². The van der Waals surface area contributed by atoms with Gasteiger partial charge in [0.25, 0.3) is 7.82 Å². The van der Waals surface area contributed by atoms with Crippen LogP contribution in [0.2, 0.25) is 0 Å². The smallest absolute Gasteiger partial charge is 0.317 e. The molecule has 2 aromatic rings. The summed E-state index contributed by atoms with van der Waals surface area (Å²) >= 11 is 0. The van der Waals surface area contributed by atoms with E-state index in [0.29, 0.717) is 25.7 Å². The third-order valence-electron chi connectivity index (χ3n) is 8.59. The summed E-state index contributed by atoms with van der Waals surface area (Å²) in [7, 11) is -5.13. The molecule has 0 aliphatic heterocycles. The molecule has 0 radical (unpaired) electrons. The zero-order chi connectivity index (χ0) is 37.6. The highest BCUT2D eigenvalue weighted by atomic mass is 31.2. The van der Waals surface area contributed by atoms with Crippen molar-refractivity contribution in [3.63, 3.8) is 0 Å². The van der Waals surface area contributed by atoms with Crippen LogP contribution >= 0.6 is 7.82 Å². The first-order chi connectivity index (χ1) is 24.1. The predicted octanol–water partition coefficient (Wildman–Crippen LogP) is -2.89. The van der Waals surface area contributed by atoms with Crippen LogP contribution in [0, 0.1) is 0 Å². The topological polar surface area (TPSA) is 263 Å². The number of carbonyl (C=O) groups is 5. The highest BCUT2D eigenvalue weighted by molar-refractivity contribution is 7.45. The Morgan fingerprint density at radius 3 is 1.65 bits per heavy atom. The number of hydrogen-bond acceptors (Lipinski definition) is 15. The summed E-state index contributed by atoms with van der Waals surface area (Å²) in [4.78, 5) is 72.9. The van der Waals surface area contributed by atoms with Gasteiger partial charge in [-0.05, 0) is 36.8 Å². The molecule has 1 fully saturated rings. The van der Waals surface area contributed by atoms with Crippen LogP contribution in [0.4, 0.5) is 0 Å². The van der Waals surface area contributed by atoms with E-state index in [2.05, 4.69) is 0 Å². The van der Waals surface area contributed by atoms with E-state index in [1.165, 1.54) is 0 Å². The number of phosphoric acid groups is 1. The average molecular weight is 734 g/mol. The molecule has 1 aliphatic rings. The zero-order valence-corrected chi connectivity index (χ0v) is 28.6. The molecule has 17 nitrogen and oxygen atoms in total. The number of hydrogen-bond donors (Lipinski definition) is 2. The van der Waals surface area contributed by atoms with E-state index >= 15 is 0 Å². The van der Waals surface area contributed by atoms with E-state index < -0.39 is 101 Å². The number of nitrogens with zero attached hydrogens (tertiary/aromatic N) is 3. The van der Waals surface area contributed by atoms with Crippen LogP contribution in [0.1, 0.15) is 36.8 Å². The summed E-state index contributed by atoms with van der Waals surface area (Å²) in [5, 5.41) is 52.7. The zero-order valence-electron chi connectivity index (χ0n) is 27.7. The maximum absolute atomic E-state index is 13.1. The van der Waals surface area contributed by atoms with Crippen molar-refractivity contribution in [1.29, 1.82) is 0 Å². The van der Waals surface area contributed by atoms with E-state index in [1.54, 1.807) is 0 Å². The molecule has 0 bridgehead atoms. The van der Waals surface area contributed by atoms with Gasteiger partial charge < -0.3 is 53.9 Å². The fourth-order valence-corrected chi connectivity index (χ4v) is 7.34. The first-order valence-corrected chi connectivity index (χ1v) is 17.5. The SMILES string of the molecule is O=C([O-])CN(CCN(CC(=O)O)CC(COP(=O)([O-])OC1CCC(c2ccccc2)(c2ccccc2)CC1)N(CC(=O)[O-])CC(=O)[O-])CC(=O)O. The van der Waals surface area contributed by atoms with Crippen molar-refractivity contribution < 1.29 is 68.0 Å². The number of rotatable bonds is 23. The van der Waals surface area contributed by atoms with E-state index in [9.17, 15) is 53.9 Å². The van der Waals surface area contributed by atoms with E-state index in [-0.39, 0.29) is 13.1 Å². The van der Waals surface area contributed by atoms with Gasteiger partial charge >= 0.3 is 11.9 Å². The highest BCUT2D eigenvalue weighted by Crippen LogP contribution is 2.49. The molecule has 51 heavy (non-hydrogen) atoms. The standard InChI is InChI=1S/C33H44N3O14P/c37-28(38)18-34(15-16-35(19-29(39)40)20-30(41)42)17-26(36(21-31(43)44)22-32(45)46)23-49-51(47,48)50-27-11-13-33(14-12-27,24-7-3-1-4-8-24)25-9-5-2-6-10-25/h1-10,26-27H,11-23H2,(H,37,38)(H,39,40)(H,41,42)(H,43,44)(H,45,46)(H,47,48)/p-4. The second kappa shape index (κ2) is 19.4. The number of carboxylic acid groups (broad SMARTS) is 5. The van der Waals surface area contributed by atoms with E-state index in [0.717, 1.165) is 25.8 Å². The maximum atomic E-state index is 13.1. The van der Waals surface area contributed by atoms with Gasteiger partial charge in [-0.1, -0.05) is 60.7 Å². The molecule has 2 atom stereocenters. The van der Waals surface area contributed by atoms with Gasteiger partial charge in [0, 0.05) is 50.7 Å². The number of carbonyl (C=O) groups excluding carboxylic acids is 3. The minimum Gasteiger partial charge on any atom is -0.756 e. The second-order valence-electron chi connectivity index (χ2n) is 12.3. The lowest BCUT2D eigenvalue weighted by Crippen LogP contribution is -2.55. The molecule has 280 valence electrons. The van der Waals surface area contributed by atoms with Gasteiger partial charge in [-0.2, -0.15) is 0 Å². The van der Waals surface area contributed by atoms with Gasteiger partial charge in [0.15, 0.2) is 0 Å². The Balaban J connectivity index is 1.77. The van der Waals surface area contributed by atoms with Crippen molar-refractivity contribution in [1.82, 2.24) is 14.7 Å². The largest absolute Gasteiger partial charge is 0.756 e. The van der Waals surface area contributed by atoms with Crippen LogP contribution in [0.15, 0.2) is 60.7 Å². The van der Waals surface area contributed by atoms with Gasteiger partial charge in [0.05, 0.1) is 43.7 Å². The Morgan fingerprint density at radius 2 is 1.20 bits per heavy atom. The average Bonchev–Trinajstić information content (AvgIpc) is 3.05. The van der Waals surface area contributed by atoms with Crippen LogP contribution in [-0.4, -0.2) is 126 Å². The van der Waals surface area contributed by atoms with Crippen molar-refractivity contribution in [2.75, 3.05) is 59.0 Å². The number of benzene rings is 2. The summed E-state index contributed by atoms with van der Waals surface area (Å²) in [6, 6.07) is 18.2. The fourth-order valence-electron chi connectivity index (χ4n) is 6.35. The molecule has 2 N–H and O–H groups in total. The van der Waals surface area contributed by atoms with Crippen LogP contribution in [-0.2, 0) is 43.0 Å². The molecule has 2 aromatic carbocycles. The summed E-state index contributed by atoms with van der Waals surface area (Å²) < 4.78 is 23.7. The second-order valence-corrected chi connectivity index (χ2v) is 13.6. The molecule has 2 unspecified atom stereocenters. The molecule has 3 rings (SSSR count). The first kappa shape index (κ1) is 41.2. The van der Waals surface area contributed by atoms with Gasteiger partial charge in [-0.15, -0.1) is 0 Å². The molecular formula is C33H40N3O14P-4. The van der Waals surface area contributed by atoms with Crippen LogP contribution in [0.3, 0.4) is 0 Å². The lowest BCUT2D eigenvalue weighted by Gasteiger charge is -2.42. The predicted molar refractivity (Wildman–Crippen MR) is 169 cm³/mol. The van der Waals surface area contributed by atoms with E-state index in [1.807, 2.05) is 60.7 Å². The third kappa shape index (κ3) is 13.8. The monoisotopic (exact) mass is 733 g/mol. The maximum Gasteiger partial charge on any atom is 0.317 e. The highest BCUT2D eigenvalue weighted by Gasteiger charge is 2.39. The van der Waals surface area contributed by atoms with Crippen LogP contribution in [0.5, 0.6) is 0 Å². The summed E-state index contributed by atoms with van der Waals surface area (Å²) in [5.41, 5.74) is 1.74. The van der Waals surface area contributed by atoms with Crippen molar-refractivity contribution in [2.24, 2.45) is 0 Å². The van der Waals surface area contributed by atoms with Crippen molar-refractivity contribution >= 4 is 37.7 Å². The Morgan fingerprint density at radius 1 is 0.745 bits per heavy atom. The molecule has 1 aliphatic carbocycles. The molecular weight excluding hydrogens is 693 g/mol. The quantitative estimate of drug-likeness (QED) is 0.109. The number of carboxylic acids is 5. The van der Waals surface area contributed by atoms with Crippen LogP contribution in [0.25, 0.3) is 0 Å². The molecule has 0 spiro atoms. The lowest BCUT2D eigenvalue weighted by molar-refractivity contribution is -0.311. The van der Waals surface area contributed by atoms with E-state index in [4.69, 9.17) is 14.2 Å². The third-order valence-corrected chi connectivity index (χ3v) is 9.62. The summed E-state index contributed by atoms with van der Waals surface area (Å²) in [6.07, 6.45) is 0.966. The minimum atomic E-state index is -5.13. The van der Waals surface area contributed by atoms with Crippen molar-refractivity contribution in [3.05, 3.63) is 71.8 Å². The molecule has 0 heterocycles. The number of aliphatic carboxylic acids is 5. The Labute approximate surface area is 294 Å². The summed E-state index contributed by atoms with van der Waals surface area (Å²) in [5.74, 6) is -7.86. The fraction of sp³-hybridized carbons (Fsp3) is 0.485. The van der Waals surface area contributed by atoms with Gasteiger partial charge in [-0.3, -0.25) is 28.9 Å². The lowest BCUT2D eigenvalue weighted by atomic mass is 9.65. The Hall–Kier alpha value is -4.22. The van der Waals surface area contributed by atoms with Gasteiger partial charge in [0.2, 0.25) is 0 Å². The molecule has 0 aromatic heterocycles. The molecule has 0 saturated heterocycles. The first-order valence-electron chi connectivity index (χ1n) is 16.1. The Kier molecular flexibility index (Phi) is 15.7. The Bertz CT molecular complexity index is 1450. The molecule has 1 saturated carbocycles. The molecule has 0 amide bonds. The molecule has 18 heteroatoms. The van der Waals surface area contributed by atoms with Crippen molar-refractivity contribution in [2.45, 2.75) is 43.2 Å².